The lowest BCUT2D eigenvalue weighted by Crippen LogP contribution is -2.43. The third-order valence-corrected chi connectivity index (χ3v) is 4.56. The van der Waals surface area contributed by atoms with Gasteiger partial charge < -0.3 is 10.1 Å². The molecule has 4 nitrogen and oxygen atoms in total. The molecule has 0 bridgehead atoms. The number of amides is 1. The van der Waals surface area contributed by atoms with Gasteiger partial charge in [-0.25, -0.2) is 4.79 Å². The molecule has 0 heterocycles. The average molecular weight is 361 g/mol. The van der Waals surface area contributed by atoms with Crippen molar-refractivity contribution in [3.8, 4) is 0 Å². The molecule has 0 fully saturated rings. The number of hydrogen-bond acceptors (Lipinski definition) is 3. The third kappa shape index (κ3) is 4.94. The molecule has 1 amide bonds. The van der Waals surface area contributed by atoms with Crippen molar-refractivity contribution in [3.63, 3.8) is 0 Å². The van der Waals surface area contributed by atoms with Crippen LogP contribution in [0.4, 0.5) is 0 Å². The second-order valence-electron chi connectivity index (χ2n) is 6.69. The molecule has 0 aliphatic carbocycles. The maximum absolute atomic E-state index is 12.5. The fourth-order valence-electron chi connectivity index (χ4n) is 3.07. The van der Waals surface area contributed by atoms with E-state index in [1.807, 2.05) is 73.7 Å². The molecule has 1 N–H and O–H groups in total. The van der Waals surface area contributed by atoms with E-state index in [4.69, 9.17) is 4.74 Å². The van der Waals surface area contributed by atoms with Crippen molar-refractivity contribution < 1.29 is 14.3 Å². The molecule has 0 saturated carbocycles. The largest absolute Gasteiger partial charge is 0.467 e. The number of esters is 1. The lowest BCUT2D eigenvalue weighted by atomic mass is 10.0. The van der Waals surface area contributed by atoms with E-state index in [0.29, 0.717) is 6.42 Å². The Morgan fingerprint density at radius 2 is 1.59 bits per heavy atom. The zero-order valence-corrected chi connectivity index (χ0v) is 15.6. The molecule has 138 valence electrons. The summed E-state index contributed by atoms with van der Waals surface area (Å²) < 4.78 is 4.86. The van der Waals surface area contributed by atoms with Gasteiger partial charge in [0, 0.05) is 6.42 Å². The van der Waals surface area contributed by atoms with E-state index in [1.165, 1.54) is 7.11 Å². The van der Waals surface area contributed by atoms with Crippen LogP contribution in [0.5, 0.6) is 0 Å². The van der Waals surface area contributed by atoms with Crippen LogP contribution in [-0.4, -0.2) is 25.0 Å². The van der Waals surface area contributed by atoms with Crippen LogP contribution in [0, 0.1) is 6.92 Å². The standard InChI is InChI=1S/C23H23NO3/c1-16-7-9-17(10-8-16)14-21(23(26)27-2)24-22(25)15-18-11-12-19-5-3-4-6-20(19)13-18/h3-13,21H,14-15H2,1-2H3,(H,24,25)/t21-/m1/s1. The number of nitrogens with one attached hydrogen (secondary N) is 1. The Bertz CT molecular complexity index is 947. The summed E-state index contributed by atoms with van der Waals surface area (Å²) in [5, 5.41) is 5.04. The zero-order valence-electron chi connectivity index (χ0n) is 15.6. The minimum atomic E-state index is -0.703. The minimum absolute atomic E-state index is 0.201. The average Bonchev–Trinajstić information content (AvgIpc) is 2.68. The van der Waals surface area contributed by atoms with E-state index in [-0.39, 0.29) is 12.3 Å². The van der Waals surface area contributed by atoms with E-state index in [0.717, 1.165) is 27.5 Å². The van der Waals surface area contributed by atoms with Crippen LogP contribution in [-0.2, 0) is 27.2 Å². The van der Waals surface area contributed by atoms with Gasteiger partial charge in [-0.2, -0.15) is 0 Å². The highest BCUT2D eigenvalue weighted by atomic mass is 16.5. The summed E-state index contributed by atoms with van der Waals surface area (Å²) in [6, 6.07) is 21.1. The van der Waals surface area contributed by atoms with Gasteiger partial charge in [0.2, 0.25) is 5.91 Å². The van der Waals surface area contributed by atoms with Crippen molar-refractivity contribution in [2.75, 3.05) is 7.11 Å². The smallest absolute Gasteiger partial charge is 0.328 e. The molecule has 27 heavy (non-hydrogen) atoms. The monoisotopic (exact) mass is 361 g/mol. The van der Waals surface area contributed by atoms with Gasteiger partial charge in [-0.05, 0) is 28.8 Å². The molecule has 0 saturated heterocycles. The number of carbonyl (C=O) groups is 2. The molecule has 0 aromatic heterocycles. The number of carbonyl (C=O) groups excluding carboxylic acids is 2. The molecule has 0 spiro atoms. The molecule has 3 aromatic rings. The lowest BCUT2D eigenvalue weighted by Gasteiger charge is -2.17. The van der Waals surface area contributed by atoms with Crippen molar-refractivity contribution in [2.45, 2.75) is 25.8 Å². The molecular formula is C23H23NO3. The van der Waals surface area contributed by atoms with E-state index in [2.05, 4.69) is 5.32 Å². The van der Waals surface area contributed by atoms with E-state index in [9.17, 15) is 9.59 Å². The summed E-state index contributed by atoms with van der Waals surface area (Å²) in [7, 11) is 1.33. The number of ether oxygens (including phenoxy) is 1. The molecule has 4 heteroatoms. The van der Waals surface area contributed by atoms with E-state index in [1.54, 1.807) is 0 Å². The Morgan fingerprint density at radius 1 is 0.926 bits per heavy atom. The highest BCUT2D eigenvalue weighted by Gasteiger charge is 2.22. The van der Waals surface area contributed by atoms with Crippen molar-refractivity contribution >= 4 is 22.6 Å². The molecule has 0 aliphatic rings. The van der Waals surface area contributed by atoms with Crippen molar-refractivity contribution in [1.82, 2.24) is 5.32 Å². The Balaban J connectivity index is 1.69. The molecular weight excluding hydrogens is 338 g/mol. The van der Waals surface area contributed by atoms with Gasteiger partial charge in [0.1, 0.15) is 6.04 Å². The van der Waals surface area contributed by atoms with E-state index < -0.39 is 12.0 Å². The minimum Gasteiger partial charge on any atom is -0.467 e. The van der Waals surface area contributed by atoms with Gasteiger partial charge in [-0.15, -0.1) is 0 Å². The summed E-state index contributed by atoms with van der Waals surface area (Å²) in [5.41, 5.74) is 3.03. The quantitative estimate of drug-likeness (QED) is 0.683. The summed E-state index contributed by atoms with van der Waals surface area (Å²) in [4.78, 5) is 24.6. The van der Waals surface area contributed by atoms with E-state index >= 15 is 0 Å². The SMILES string of the molecule is COC(=O)[C@@H](Cc1ccc(C)cc1)NC(=O)Cc1ccc2ccccc2c1. The fourth-order valence-corrected chi connectivity index (χ4v) is 3.07. The van der Waals surface area contributed by atoms with Gasteiger partial charge >= 0.3 is 5.97 Å². The first-order valence-electron chi connectivity index (χ1n) is 8.95. The maximum atomic E-state index is 12.5. The van der Waals surface area contributed by atoms with Crippen molar-refractivity contribution in [1.29, 1.82) is 0 Å². The number of hydrogen-bond donors (Lipinski definition) is 1. The van der Waals surface area contributed by atoms with Crippen molar-refractivity contribution in [3.05, 3.63) is 83.4 Å². The highest BCUT2D eigenvalue weighted by Crippen LogP contribution is 2.16. The van der Waals surface area contributed by atoms with Crippen molar-refractivity contribution in [2.24, 2.45) is 0 Å². The fraction of sp³-hybridized carbons (Fsp3) is 0.217. The van der Waals surface area contributed by atoms with Gasteiger partial charge in [-0.1, -0.05) is 72.3 Å². The Labute approximate surface area is 159 Å². The third-order valence-electron chi connectivity index (χ3n) is 4.56. The van der Waals surface area contributed by atoms with Crippen LogP contribution in [0.3, 0.4) is 0 Å². The van der Waals surface area contributed by atoms with Crippen LogP contribution in [0.2, 0.25) is 0 Å². The summed E-state index contributed by atoms with van der Waals surface area (Å²) in [6.07, 6.45) is 0.614. The Morgan fingerprint density at radius 3 is 2.30 bits per heavy atom. The molecule has 0 unspecified atom stereocenters. The van der Waals surface area contributed by atoms with Gasteiger partial charge in [0.05, 0.1) is 13.5 Å². The molecule has 3 aromatic carbocycles. The summed E-state index contributed by atoms with van der Waals surface area (Å²) in [5.74, 6) is -0.643. The number of benzene rings is 3. The van der Waals surface area contributed by atoms with Gasteiger partial charge in [0.15, 0.2) is 0 Å². The normalized spacial score (nSPS) is 11.8. The molecule has 0 aliphatic heterocycles. The zero-order chi connectivity index (χ0) is 19.2. The topological polar surface area (TPSA) is 55.4 Å². The Kier molecular flexibility index (Phi) is 5.87. The molecule has 0 radical (unpaired) electrons. The second kappa shape index (κ2) is 8.49. The van der Waals surface area contributed by atoms with Gasteiger partial charge in [-0.3, -0.25) is 4.79 Å². The number of methoxy groups -OCH3 is 1. The number of aryl methyl sites for hydroxylation is 1. The number of rotatable bonds is 6. The van der Waals surface area contributed by atoms with Crippen LogP contribution < -0.4 is 5.32 Å². The predicted molar refractivity (Wildman–Crippen MR) is 106 cm³/mol. The first kappa shape index (κ1) is 18.6. The van der Waals surface area contributed by atoms with Crippen LogP contribution in [0.15, 0.2) is 66.7 Å². The number of fused-ring (bicyclic) bond motifs is 1. The summed E-state index contributed by atoms with van der Waals surface area (Å²) in [6.45, 7) is 2.01. The maximum Gasteiger partial charge on any atom is 0.328 e. The van der Waals surface area contributed by atoms with Crippen LogP contribution in [0.25, 0.3) is 10.8 Å². The Hall–Kier alpha value is -3.14. The predicted octanol–water partition coefficient (Wildman–Crippen LogP) is 3.59. The van der Waals surface area contributed by atoms with Gasteiger partial charge in [0.25, 0.3) is 0 Å². The molecule has 3 rings (SSSR count). The lowest BCUT2D eigenvalue weighted by molar-refractivity contribution is -0.145. The van der Waals surface area contributed by atoms with Crippen LogP contribution >= 0.6 is 0 Å². The van der Waals surface area contributed by atoms with Crippen LogP contribution in [0.1, 0.15) is 16.7 Å². The summed E-state index contributed by atoms with van der Waals surface area (Å²) >= 11 is 0. The highest BCUT2D eigenvalue weighted by molar-refractivity contribution is 5.88. The molecule has 1 atom stereocenters. The first-order valence-corrected chi connectivity index (χ1v) is 8.95. The first-order chi connectivity index (χ1) is 13.0. The second-order valence-corrected chi connectivity index (χ2v) is 6.69.